The fourth-order valence-corrected chi connectivity index (χ4v) is 4.26. The zero-order valence-electron chi connectivity index (χ0n) is 18.4. The van der Waals surface area contributed by atoms with Crippen molar-refractivity contribution in [1.29, 1.82) is 0 Å². The van der Waals surface area contributed by atoms with Crippen LogP contribution in [0.3, 0.4) is 0 Å². The van der Waals surface area contributed by atoms with E-state index in [4.69, 9.17) is 0 Å². The molecule has 4 nitrogen and oxygen atoms in total. The molecule has 0 spiro atoms. The van der Waals surface area contributed by atoms with Crippen LogP contribution in [-0.4, -0.2) is 22.0 Å². The molecule has 0 saturated carbocycles. The summed E-state index contributed by atoms with van der Waals surface area (Å²) >= 11 is 0. The third-order valence-electron chi connectivity index (χ3n) is 6.03. The molecule has 1 N–H and O–H groups in total. The third-order valence-corrected chi connectivity index (χ3v) is 6.03. The first-order valence-electron chi connectivity index (χ1n) is 10.8. The summed E-state index contributed by atoms with van der Waals surface area (Å²) in [6.07, 6.45) is 2.99. The number of aromatic nitrogens is 1. The summed E-state index contributed by atoms with van der Waals surface area (Å²) in [5.74, 6) is 0. The van der Waals surface area contributed by atoms with E-state index in [9.17, 15) is 4.79 Å². The second kappa shape index (κ2) is 8.02. The maximum atomic E-state index is 13.4. The Kier molecular flexibility index (Phi) is 5.42. The van der Waals surface area contributed by atoms with Gasteiger partial charge in [-0.05, 0) is 46.7 Å². The summed E-state index contributed by atoms with van der Waals surface area (Å²) in [6.45, 7) is 10.3. The molecule has 2 amide bonds. The van der Waals surface area contributed by atoms with Gasteiger partial charge >= 0.3 is 6.03 Å². The van der Waals surface area contributed by atoms with Gasteiger partial charge in [0, 0.05) is 30.7 Å². The van der Waals surface area contributed by atoms with Gasteiger partial charge in [-0.15, -0.1) is 0 Å². The standard InChI is InChI=1S/C26H31N3O/c1-5-19-9-6-7-10-22(19)27-25(30)29-18-17-28-16-8-11-23(28)24(29)20-12-14-21(15-13-20)26(2,3)4/h6-16,24H,5,17-18H2,1-4H3,(H,27,30)/t24-/m1/s1. The van der Waals surface area contributed by atoms with Crippen molar-refractivity contribution in [2.24, 2.45) is 0 Å². The quantitative estimate of drug-likeness (QED) is 0.575. The SMILES string of the molecule is CCc1ccccc1NC(=O)N1CCn2cccc2[C@H]1c1ccc(C(C)(C)C)cc1. The van der Waals surface area contributed by atoms with Gasteiger partial charge in [-0.25, -0.2) is 4.79 Å². The van der Waals surface area contributed by atoms with Crippen molar-refractivity contribution < 1.29 is 4.79 Å². The Bertz CT molecular complexity index is 1030. The van der Waals surface area contributed by atoms with Crippen molar-refractivity contribution in [3.63, 3.8) is 0 Å². The minimum atomic E-state index is -0.100. The monoisotopic (exact) mass is 401 g/mol. The summed E-state index contributed by atoms with van der Waals surface area (Å²) in [6, 6.07) is 20.8. The highest BCUT2D eigenvalue weighted by Crippen LogP contribution is 2.34. The molecule has 1 aliphatic heterocycles. The second-order valence-corrected chi connectivity index (χ2v) is 9.04. The number of carbonyl (C=O) groups excluding carboxylic acids is 1. The molecule has 156 valence electrons. The molecule has 4 heteroatoms. The van der Waals surface area contributed by atoms with Crippen molar-refractivity contribution in [3.8, 4) is 0 Å². The van der Waals surface area contributed by atoms with E-state index < -0.39 is 0 Å². The number of rotatable bonds is 3. The molecule has 4 rings (SSSR count). The molecule has 2 heterocycles. The Hall–Kier alpha value is -3.01. The first kappa shape index (κ1) is 20.3. The largest absolute Gasteiger partial charge is 0.348 e. The van der Waals surface area contributed by atoms with Crippen LogP contribution in [0.15, 0.2) is 66.9 Å². The minimum absolute atomic E-state index is 0.0479. The van der Waals surface area contributed by atoms with Crippen LogP contribution in [0.1, 0.15) is 56.1 Å². The molecular formula is C26H31N3O. The Morgan fingerprint density at radius 1 is 1.00 bits per heavy atom. The third kappa shape index (κ3) is 3.87. The first-order valence-corrected chi connectivity index (χ1v) is 10.8. The number of nitrogens with one attached hydrogen (secondary N) is 1. The van der Waals surface area contributed by atoms with Gasteiger partial charge in [0.1, 0.15) is 0 Å². The number of hydrogen-bond donors (Lipinski definition) is 1. The number of nitrogens with zero attached hydrogens (tertiary/aromatic N) is 2. The lowest BCUT2D eigenvalue weighted by molar-refractivity contribution is 0.182. The van der Waals surface area contributed by atoms with E-state index in [0.29, 0.717) is 6.54 Å². The van der Waals surface area contributed by atoms with Crippen molar-refractivity contribution in [1.82, 2.24) is 9.47 Å². The van der Waals surface area contributed by atoms with Crippen LogP contribution in [0, 0.1) is 0 Å². The van der Waals surface area contributed by atoms with Gasteiger partial charge in [0.05, 0.1) is 6.04 Å². The Balaban J connectivity index is 1.67. The molecular weight excluding hydrogens is 370 g/mol. The van der Waals surface area contributed by atoms with Gasteiger partial charge in [0.2, 0.25) is 0 Å². The molecule has 0 saturated heterocycles. The summed E-state index contributed by atoms with van der Waals surface area (Å²) in [7, 11) is 0. The number of benzene rings is 2. The van der Waals surface area contributed by atoms with E-state index >= 15 is 0 Å². The van der Waals surface area contributed by atoms with Gasteiger partial charge in [0.15, 0.2) is 0 Å². The van der Waals surface area contributed by atoms with Crippen LogP contribution in [0.5, 0.6) is 0 Å². The van der Waals surface area contributed by atoms with Crippen molar-refractivity contribution in [3.05, 3.63) is 89.2 Å². The minimum Gasteiger partial charge on any atom is -0.348 e. The van der Waals surface area contributed by atoms with Crippen LogP contribution in [0.25, 0.3) is 0 Å². The first-order chi connectivity index (χ1) is 14.4. The van der Waals surface area contributed by atoms with E-state index in [1.165, 1.54) is 5.56 Å². The van der Waals surface area contributed by atoms with E-state index in [1.807, 2.05) is 23.1 Å². The number of urea groups is 1. The Morgan fingerprint density at radius 3 is 2.43 bits per heavy atom. The summed E-state index contributed by atoms with van der Waals surface area (Å²) in [5, 5.41) is 3.17. The smallest absolute Gasteiger partial charge is 0.322 e. The van der Waals surface area contributed by atoms with Crippen molar-refractivity contribution >= 4 is 11.7 Å². The van der Waals surface area contributed by atoms with Gasteiger partial charge in [0.25, 0.3) is 0 Å². The molecule has 2 aromatic carbocycles. The topological polar surface area (TPSA) is 37.3 Å². The van der Waals surface area contributed by atoms with Crippen molar-refractivity contribution in [2.45, 2.75) is 52.1 Å². The van der Waals surface area contributed by atoms with Crippen molar-refractivity contribution in [2.75, 3.05) is 11.9 Å². The maximum absolute atomic E-state index is 13.4. The fraction of sp³-hybridized carbons (Fsp3) is 0.346. The highest BCUT2D eigenvalue weighted by molar-refractivity contribution is 5.90. The zero-order valence-corrected chi connectivity index (χ0v) is 18.4. The Morgan fingerprint density at radius 2 is 1.73 bits per heavy atom. The number of carbonyl (C=O) groups is 1. The number of fused-ring (bicyclic) bond motifs is 1. The number of aryl methyl sites for hydroxylation is 1. The maximum Gasteiger partial charge on any atom is 0.322 e. The van der Waals surface area contributed by atoms with Crippen LogP contribution >= 0.6 is 0 Å². The fourth-order valence-electron chi connectivity index (χ4n) is 4.26. The zero-order chi connectivity index (χ0) is 21.3. The van der Waals surface area contributed by atoms with E-state index in [-0.39, 0.29) is 17.5 Å². The number of amides is 2. The summed E-state index contributed by atoms with van der Waals surface area (Å²) in [4.78, 5) is 15.3. The lowest BCUT2D eigenvalue weighted by Crippen LogP contribution is -2.44. The van der Waals surface area contributed by atoms with Gasteiger partial charge in [-0.3, -0.25) is 0 Å². The van der Waals surface area contributed by atoms with Crippen LogP contribution < -0.4 is 5.32 Å². The number of hydrogen-bond acceptors (Lipinski definition) is 1. The van der Waals surface area contributed by atoms with E-state index in [1.54, 1.807) is 0 Å². The van der Waals surface area contributed by atoms with Crippen LogP contribution in [-0.2, 0) is 18.4 Å². The molecule has 1 atom stereocenters. The highest BCUT2D eigenvalue weighted by Gasteiger charge is 2.32. The van der Waals surface area contributed by atoms with E-state index in [0.717, 1.165) is 35.5 Å². The van der Waals surface area contributed by atoms with Gasteiger partial charge in [-0.1, -0.05) is 70.2 Å². The molecule has 0 unspecified atom stereocenters. The highest BCUT2D eigenvalue weighted by atomic mass is 16.2. The summed E-state index contributed by atoms with van der Waals surface area (Å²) < 4.78 is 2.26. The average molecular weight is 402 g/mol. The Labute approximate surface area is 179 Å². The molecule has 3 aromatic rings. The second-order valence-electron chi connectivity index (χ2n) is 9.04. The lowest BCUT2D eigenvalue weighted by Gasteiger charge is -2.37. The molecule has 0 bridgehead atoms. The van der Waals surface area contributed by atoms with Gasteiger partial charge < -0.3 is 14.8 Å². The molecule has 1 aliphatic rings. The molecule has 0 radical (unpaired) electrons. The molecule has 1 aromatic heterocycles. The average Bonchev–Trinajstić information content (AvgIpc) is 3.21. The van der Waals surface area contributed by atoms with Crippen LogP contribution in [0.4, 0.5) is 10.5 Å². The van der Waals surface area contributed by atoms with Gasteiger partial charge in [-0.2, -0.15) is 0 Å². The molecule has 30 heavy (non-hydrogen) atoms. The number of para-hydroxylation sites is 1. The normalized spacial score (nSPS) is 16.3. The molecule has 0 fully saturated rings. The predicted molar refractivity (Wildman–Crippen MR) is 123 cm³/mol. The number of anilines is 1. The van der Waals surface area contributed by atoms with Crippen LogP contribution in [0.2, 0.25) is 0 Å². The van der Waals surface area contributed by atoms with E-state index in [2.05, 4.69) is 86.2 Å². The summed E-state index contributed by atoms with van der Waals surface area (Å²) in [5.41, 5.74) is 5.74. The molecule has 0 aliphatic carbocycles. The lowest BCUT2D eigenvalue weighted by atomic mass is 9.86. The predicted octanol–water partition coefficient (Wildman–Crippen LogP) is 5.99.